The zero-order valence-electron chi connectivity index (χ0n) is 17.0. The van der Waals surface area contributed by atoms with Crippen molar-refractivity contribution in [1.82, 2.24) is 10.2 Å². The number of likely N-dealkylation sites (tertiary alicyclic amines) is 1. The summed E-state index contributed by atoms with van der Waals surface area (Å²) in [5.74, 6) is -0.273. The van der Waals surface area contributed by atoms with Crippen molar-refractivity contribution in [1.29, 1.82) is 0 Å². The van der Waals surface area contributed by atoms with Gasteiger partial charge in [-0.3, -0.25) is 14.4 Å². The summed E-state index contributed by atoms with van der Waals surface area (Å²) in [6, 6.07) is 7.00. The van der Waals surface area contributed by atoms with Gasteiger partial charge < -0.3 is 20.3 Å². The molecule has 0 atom stereocenters. The Morgan fingerprint density at radius 3 is 2.57 bits per heavy atom. The van der Waals surface area contributed by atoms with Crippen LogP contribution >= 0.6 is 0 Å². The van der Waals surface area contributed by atoms with E-state index in [-0.39, 0.29) is 29.6 Å². The van der Waals surface area contributed by atoms with Crippen molar-refractivity contribution in [3.63, 3.8) is 0 Å². The number of piperidine rings is 1. The number of ether oxygens (including phenoxy) is 1. The number of anilines is 1. The molecule has 7 nitrogen and oxygen atoms in total. The molecule has 0 radical (unpaired) electrons. The predicted octanol–water partition coefficient (Wildman–Crippen LogP) is 2.29. The molecule has 28 heavy (non-hydrogen) atoms. The SMILES string of the molecule is COCCCNC(=O)C1CCN(C(=O)c2cccc(NC(=O)C(C)C)c2)CC1. The van der Waals surface area contributed by atoms with Gasteiger partial charge in [-0.2, -0.15) is 0 Å². The van der Waals surface area contributed by atoms with Gasteiger partial charge >= 0.3 is 0 Å². The third-order valence-corrected chi connectivity index (χ3v) is 4.88. The zero-order valence-corrected chi connectivity index (χ0v) is 17.0. The highest BCUT2D eigenvalue weighted by atomic mass is 16.5. The van der Waals surface area contributed by atoms with Gasteiger partial charge in [0.1, 0.15) is 0 Å². The molecule has 1 aromatic rings. The van der Waals surface area contributed by atoms with Gasteiger partial charge in [-0.1, -0.05) is 19.9 Å². The summed E-state index contributed by atoms with van der Waals surface area (Å²) in [4.78, 5) is 38.6. The second-order valence-corrected chi connectivity index (χ2v) is 7.43. The molecule has 1 saturated heterocycles. The summed E-state index contributed by atoms with van der Waals surface area (Å²) in [5.41, 5.74) is 1.17. The van der Waals surface area contributed by atoms with Gasteiger partial charge in [0.2, 0.25) is 11.8 Å². The van der Waals surface area contributed by atoms with Gasteiger partial charge in [-0.05, 0) is 37.5 Å². The maximum absolute atomic E-state index is 12.8. The maximum atomic E-state index is 12.8. The van der Waals surface area contributed by atoms with Crippen molar-refractivity contribution >= 4 is 23.4 Å². The largest absolute Gasteiger partial charge is 0.385 e. The van der Waals surface area contributed by atoms with Crippen LogP contribution in [0.4, 0.5) is 5.69 Å². The molecule has 2 N–H and O–H groups in total. The highest BCUT2D eigenvalue weighted by Gasteiger charge is 2.27. The molecule has 0 unspecified atom stereocenters. The topological polar surface area (TPSA) is 87.7 Å². The molecule has 1 heterocycles. The summed E-state index contributed by atoms with van der Waals surface area (Å²) in [7, 11) is 1.64. The van der Waals surface area contributed by atoms with E-state index < -0.39 is 0 Å². The summed E-state index contributed by atoms with van der Waals surface area (Å²) >= 11 is 0. The Hall–Kier alpha value is -2.41. The van der Waals surface area contributed by atoms with Gasteiger partial charge in [0.05, 0.1) is 0 Å². The number of carbonyl (C=O) groups is 3. The Morgan fingerprint density at radius 1 is 1.21 bits per heavy atom. The third kappa shape index (κ3) is 6.34. The number of benzene rings is 1. The molecular formula is C21H31N3O4. The van der Waals surface area contributed by atoms with E-state index in [2.05, 4.69) is 10.6 Å². The van der Waals surface area contributed by atoms with Crippen LogP contribution in [0.3, 0.4) is 0 Å². The Bertz CT molecular complexity index is 682. The van der Waals surface area contributed by atoms with Gasteiger partial charge in [-0.25, -0.2) is 0 Å². The average molecular weight is 389 g/mol. The number of amides is 3. The second kappa shape index (κ2) is 10.8. The molecule has 0 spiro atoms. The molecule has 0 aromatic heterocycles. The number of nitrogens with one attached hydrogen (secondary N) is 2. The third-order valence-electron chi connectivity index (χ3n) is 4.88. The van der Waals surface area contributed by atoms with Gasteiger partial charge in [0.15, 0.2) is 0 Å². The molecular weight excluding hydrogens is 358 g/mol. The predicted molar refractivity (Wildman–Crippen MR) is 108 cm³/mol. The van der Waals surface area contributed by atoms with Crippen LogP contribution in [0, 0.1) is 11.8 Å². The lowest BCUT2D eigenvalue weighted by atomic mass is 9.95. The summed E-state index contributed by atoms with van der Waals surface area (Å²) in [5, 5.41) is 5.75. The summed E-state index contributed by atoms with van der Waals surface area (Å²) in [6.45, 7) is 5.99. The van der Waals surface area contributed by atoms with E-state index in [0.29, 0.717) is 50.3 Å². The first kappa shape index (κ1) is 21.9. The minimum absolute atomic E-state index is 0.0525. The molecule has 1 aliphatic rings. The van der Waals surface area contributed by atoms with E-state index in [0.717, 1.165) is 6.42 Å². The van der Waals surface area contributed by atoms with Crippen molar-refractivity contribution in [2.75, 3.05) is 38.7 Å². The fraction of sp³-hybridized carbons (Fsp3) is 0.571. The fourth-order valence-corrected chi connectivity index (χ4v) is 3.12. The van der Waals surface area contributed by atoms with Crippen molar-refractivity contribution < 1.29 is 19.1 Å². The lowest BCUT2D eigenvalue weighted by Crippen LogP contribution is -2.43. The lowest BCUT2D eigenvalue weighted by Gasteiger charge is -2.31. The van der Waals surface area contributed by atoms with Crippen LogP contribution in [0.25, 0.3) is 0 Å². The minimum atomic E-state index is -0.126. The van der Waals surface area contributed by atoms with Crippen LogP contribution in [0.5, 0.6) is 0 Å². The van der Waals surface area contributed by atoms with Gasteiger partial charge in [0.25, 0.3) is 5.91 Å². The van der Waals surface area contributed by atoms with E-state index in [1.165, 1.54) is 0 Å². The first-order valence-corrected chi connectivity index (χ1v) is 9.89. The van der Waals surface area contributed by atoms with E-state index >= 15 is 0 Å². The minimum Gasteiger partial charge on any atom is -0.385 e. The fourth-order valence-electron chi connectivity index (χ4n) is 3.12. The molecule has 1 aromatic carbocycles. The Balaban J connectivity index is 1.86. The van der Waals surface area contributed by atoms with Crippen molar-refractivity contribution in [3.05, 3.63) is 29.8 Å². The van der Waals surface area contributed by atoms with Crippen molar-refractivity contribution in [2.24, 2.45) is 11.8 Å². The average Bonchev–Trinajstić information content (AvgIpc) is 2.70. The molecule has 1 fully saturated rings. The van der Waals surface area contributed by atoms with Crippen LogP contribution < -0.4 is 10.6 Å². The van der Waals surface area contributed by atoms with Gasteiger partial charge in [0, 0.05) is 56.4 Å². The van der Waals surface area contributed by atoms with Crippen LogP contribution in [-0.4, -0.2) is 56.0 Å². The van der Waals surface area contributed by atoms with Crippen molar-refractivity contribution in [2.45, 2.75) is 33.1 Å². The highest BCUT2D eigenvalue weighted by Crippen LogP contribution is 2.20. The number of hydrogen-bond donors (Lipinski definition) is 2. The molecule has 2 rings (SSSR count). The molecule has 3 amide bonds. The number of rotatable bonds is 8. The standard InChI is InChI=1S/C21H31N3O4/c1-15(2)19(25)23-18-7-4-6-17(14-18)21(27)24-11-8-16(9-12-24)20(26)22-10-5-13-28-3/h4,6-7,14-16H,5,8-13H2,1-3H3,(H,22,26)(H,23,25). The van der Waals surface area contributed by atoms with E-state index in [4.69, 9.17) is 4.74 Å². The van der Waals surface area contributed by atoms with Crippen LogP contribution in [0.2, 0.25) is 0 Å². The molecule has 0 bridgehead atoms. The summed E-state index contributed by atoms with van der Waals surface area (Å²) in [6.07, 6.45) is 2.11. The molecule has 0 aliphatic carbocycles. The quantitative estimate of drug-likeness (QED) is 0.668. The van der Waals surface area contributed by atoms with E-state index in [9.17, 15) is 14.4 Å². The highest BCUT2D eigenvalue weighted by molar-refractivity contribution is 5.97. The maximum Gasteiger partial charge on any atom is 0.253 e. The number of carbonyl (C=O) groups excluding carboxylic acids is 3. The van der Waals surface area contributed by atoms with E-state index in [1.807, 2.05) is 13.8 Å². The van der Waals surface area contributed by atoms with Crippen LogP contribution in [0.1, 0.15) is 43.5 Å². The zero-order chi connectivity index (χ0) is 20.5. The monoisotopic (exact) mass is 389 g/mol. The van der Waals surface area contributed by atoms with E-state index in [1.54, 1.807) is 36.3 Å². The van der Waals surface area contributed by atoms with Gasteiger partial charge in [-0.15, -0.1) is 0 Å². The summed E-state index contributed by atoms with van der Waals surface area (Å²) < 4.78 is 4.97. The molecule has 1 aliphatic heterocycles. The van der Waals surface area contributed by atoms with Crippen LogP contribution in [0.15, 0.2) is 24.3 Å². The molecule has 0 saturated carbocycles. The Labute approximate surface area is 166 Å². The number of nitrogens with zero attached hydrogens (tertiary/aromatic N) is 1. The molecule has 154 valence electrons. The number of methoxy groups -OCH3 is 1. The number of hydrogen-bond acceptors (Lipinski definition) is 4. The Morgan fingerprint density at radius 2 is 1.93 bits per heavy atom. The van der Waals surface area contributed by atoms with Crippen molar-refractivity contribution in [3.8, 4) is 0 Å². The smallest absolute Gasteiger partial charge is 0.253 e. The normalized spacial score (nSPS) is 14.8. The lowest BCUT2D eigenvalue weighted by molar-refractivity contribution is -0.126. The first-order chi connectivity index (χ1) is 13.4. The molecule has 7 heteroatoms. The Kier molecular flexibility index (Phi) is 8.44. The first-order valence-electron chi connectivity index (χ1n) is 9.89. The van der Waals surface area contributed by atoms with Crippen LogP contribution in [-0.2, 0) is 14.3 Å². The second-order valence-electron chi connectivity index (χ2n) is 7.43.